The highest BCUT2D eigenvalue weighted by molar-refractivity contribution is 8.05. The quantitative estimate of drug-likeness (QED) is 0.419. The number of thioether (sulfide) groups is 1. The molecule has 2 aliphatic heterocycles. The Morgan fingerprint density at radius 3 is 3.12 bits per heavy atom. The summed E-state index contributed by atoms with van der Waals surface area (Å²) in [4.78, 5) is 14.5. The average Bonchev–Trinajstić information content (AvgIpc) is 3.24. The molecule has 0 saturated heterocycles. The molecule has 3 aliphatic rings. The zero-order chi connectivity index (χ0) is 17.1. The lowest BCUT2D eigenvalue weighted by molar-refractivity contribution is -0.116. The van der Waals surface area contributed by atoms with Crippen molar-refractivity contribution in [3.05, 3.63) is 53.0 Å². The molecule has 2 unspecified atom stereocenters. The van der Waals surface area contributed by atoms with Crippen LogP contribution in [0.5, 0.6) is 0 Å². The van der Waals surface area contributed by atoms with Crippen molar-refractivity contribution in [3.8, 4) is 0 Å². The van der Waals surface area contributed by atoms with E-state index in [0.717, 1.165) is 17.9 Å². The van der Waals surface area contributed by atoms with E-state index < -0.39 is 0 Å². The summed E-state index contributed by atoms with van der Waals surface area (Å²) in [7, 11) is 0. The molecule has 0 aromatic heterocycles. The highest BCUT2D eigenvalue weighted by Crippen LogP contribution is 2.48. The minimum atomic E-state index is 0.0665. The summed E-state index contributed by atoms with van der Waals surface area (Å²) in [5.41, 5.74) is 1.28. The zero-order valence-corrected chi connectivity index (χ0v) is 15.7. The molecule has 4 rings (SSSR count). The first kappa shape index (κ1) is 17.2. The van der Waals surface area contributed by atoms with E-state index in [0.29, 0.717) is 6.54 Å². The fourth-order valence-corrected chi connectivity index (χ4v) is 5.74. The number of allylic oxidation sites excluding steroid dienone is 2. The van der Waals surface area contributed by atoms with Gasteiger partial charge < -0.3 is 5.32 Å². The third kappa shape index (κ3) is 3.82. The molecule has 4 nitrogen and oxygen atoms in total. The van der Waals surface area contributed by atoms with Gasteiger partial charge in [-0.15, -0.1) is 11.8 Å². The Morgan fingerprint density at radius 1 is 1.32 bits per heavy atom. The molecule has 132 valence electrons. The van der Waals surface area contributed by atoms with Crippen LogP contribution in [-0.2, 0) is 4.79 Å². The average molecular weight is 374 g/mol. The Kier molecular flexibility index (Phi) is 5.22. The third-order valence-corrected chi connectivity index (χ3v) is 7.27. The van der Waals surface area contributed by atoms with E-state index in [9.17, 15) is 4.79 Å². The maximum Gasteiger partial charge on any atom is 0.257 e. The zero-order valence-electron chi connectivity index (χ0n) is 14.1. The topological polar surface area (TPSA) is 53.2 Å². The first-order valence-corrected chi connectivity index (χ1v) is 10.5. The molecule has 1 spiro atoms. The summed E-state index contributed by atoms with van der Waals surface area (Å²) >= 11 is 3.40. The van der Waals surface area contributed by atoms with Gasteiger partial charge in [0.25, 0.3) is 5.91 Å². The largest absolute Gasteiger partial charge is 0.350 e. The molecule has 0 saturated carbocycles. The highest BCUT2D eigenvalue weighted by atomic mass is 32.2. The second-order valence-corrected chi connectivity index (χ2v) is 8.97. The number of rotatable bonds is 5. The summed E-state index contributed by atoms with van der Waals surface area (Å²) in [5.74, 6) is 0.0665. The number of nitrogens with one attached hydrogen (secondary N) is 3. The molecule has 6 heteroatoms. The SMILES string of the molecule is O=C(NCCNC1NSc2ccccc21)C1=CCC2(C=CCCC2)S1. The van der Waals surface area contributed by atoms with E-state index in [1.807, 2.05) is 0 Å². The highest BCUT2D eigenvalue weighted by Gasteiger charge is 2.36. The van der Waals surface area contributed by atoms with Gasteiger partial charge in [-0.1, -0.05) is 36.4 Å². The number of hydrogen-bond donors (Lipinski definition) is 3. The molecule has 25 heavy (non-hydrogen) atoms. The Balaban J connectivity index is 1.21. The van der Waals surface area contributed by atoms with Crippen LogP contribution >= 0.6 is 23.7 Å². The van der Waals surface area contributed by atoms with Crippen LogP contribution in [0.3, 0.4) is 0 Å². The van der Waals surface area contributed by atoms with E-state index in [1.54, 1.807) is 23.7 Å². The lowest BCUT2D eigenvalue weighted by Crippen LogP contribution is -2.36. The minimum absolute atomic E-state index is 0.0665. The Bertz CT molecular complexity index is 718. The Labute approximate surface area is 157 Å². The molecular formula is C19H23N3OS2. The van der Waals surface area contributed by atoms with Gasteiger partial charge >= 0.3 is 0 Å². The summed E-state index contributed by atoms with van der Waals surface area (Å²) in [6.07, 6.45) is 11.4. The van der Waals surface area contributed by atoms with Crippen LogP contribution < -0.4 is 15.4 Å². The van der Waals surface area contributed by atoms with E-state index in [4.69, 9.17) is 0 Å². The molecule has 2 atom stereocenters. The monoisotopic (exact) mass is 373 g/mol. The number of carbonyl (C=O) groups excluding carboxylic acids is 1. The van der Waals surface area contributed by atoms with Crippen molar-refractivity contribution in [2.24, 2.45) is 0 Å². The van der Waals surface area contributed by atoms with Crippen LogP contribution in [0.25, 0.3) is 0 Å². The van der Waals surface area contributed by atoms with Gasteiger partial charge in [-0.3, -0.25) is 10.1 Å². The Morgan fingerprint density at radius 2 is 2.24 bits per heavy atom. The number of benzene rings is 1. The van der Waals surface area contributed by atoms with E-state index >= 15 is 0 Å². The first-order valence-electron chi connectivity index (χ1n) is 8.86. The van der Waals surface area contributed by atoms with Crippen molar-refractivity contribution < 1.29 is 4.79 Å². The molecule has 1 aromatic rings. The number of amides is 1. The summed E-state index contributed by atoms with van der Waals surface area (Å²) in [6.45, 7) is 1.37. The molecule has 1 aromatic carbocycles. The van der Waals surface area contributed by atoms with Crippen LogP contribution in [-0.4, -0.2) is 23.7 Å². The van der Waals surface area contributed by atoms with Crippen molar-refractivity contribution in [3.63, 3.8) is 0 Å². The lowest BCUT2D eigenvalue weighted by Gasteiger charge is -2.27. The fourth-order valence-electron chi connectivity index (χ4n) is 3.49. The van der Waals surface area contributed by atoms with E-state index in [-0.39, 0.29) is 16.8 Å². The van der Waals surface area contributed by atoms with Crippen LogP contribution in [0.1, 0.15) is 37.4 Å². The van der Waals surface area contributed by atoms with E-state index in [1.165, 1.54) is 29.7 Å². The van der Waals surface area contributed by atoms with Gasteiger partial charge in [0.2, 0.25) is 0 Å². The molecular weight excluding hydrogens is 350 g/mol. The van der Waals surface area contributed by atoms with Gasteiger partial charge in [-0.25, -0.2) is 4.72 Å². The number of carbonyl (C=O) groups is 1. The van der Waals surface area contributed by atoms with Crippen molar-refractivity contribution in [1.82, 2.24) is 15.4 Å². The second kappa shape index (κ2) is 7.58. The van der Waals surface area contributed by atoms with Gasteiger partial charge in [0.15, 0.2) is 0 Å². The summed E-state index contributed by atoms with van der Waals surface area (Å²) in [6, 6.07) is 8.37. The molecule has 0 fully saturated rings. The maximum absolute atomic E-state index is 12.4. The smallest absolute Gasteiger partial charge is 0.257 e. The molecule has 0 radical (unpaired) electrons. The van der Waals surface area contributed by atoms with Crippen LogP contribution in [0.4, 0.5) is 0 Å². The molecule has 3 N–H and O–H groups in total. The fraction of sp³-hybridized carbons (Fsp3) is 0.421. The predicted octanol–water partition coefficient (Wildman–Crippen LogP) is 3.50. The predicted molar refractivity (Wildman–Crippen MR) is 105 cm³/mol. The van der Waals surface area contributed by atoms with Crippen LogP contribution in [0.2, 0.25) is 0 Å². The van der Waals surface area contributed by atoms with E-state index in [2.05, 4.69) is 57.8 Å². The van der Waals surface area contributed by atoms with Crippen LogP contribution in [0, 0.1) is 0 Å². The summed E-state index contributed by atoms with van der Waals surface area (Å²) < 4.78 is 3.52. The van der Waals surface area contributed by atoms with Gasteiger partial charge in [-0.2, -0.15) is 0 Å². The summed E-state index contributed by atoms with van der Waals surface area (Å²) in [5, 5.41) is 6.50. The van der Waals surface area contributed by atoms with Gasteiger partial charge in [0.05, 0.1) is 11.1 Å². The van der Waals surface area contributed by atoms with Gasteiger partial charge in [-0.05, 0) is 49.3 Å². The standard InChI is InChI=1S/C19H23N3OS2/c23-18(16-8-11-19(24-16)9-4-1-5-10-19)21-13-12-20-17-14-6-2-3-7-15(14)25-22-17/h2-4,6-9,17,20,22H,1,5,10-13H2,(H,21,23). The van der Waals surface area contributed by atoms with Crippen molar-refractivity contribution >= 4 is 29.6 Å². The van der Waals surface area contributed by atoms with Crippen molar-refractivity contribution in [1.29, 1.82) is 0 Å². The number of fused-ring (bicyclic) bond motifs is 1. The molecule has 0 bridgehead atoms. The van der Waals surface area contributed by atoms with Crippen molar-refractivity contribution in [2.75, 3.05) is 13.1 Å². The Hall–Kier alpha value is -1.21. The maximum atomic E-state index is 12.4. The van der Waals surface area contributed by atoms with Gasteiger partial charge in [0, 0.05) is 22.7 Å². The molecule has 1 amide bonds. The normalized spacial score (nSPS) is 27.4. The minimum Gasteiger partial charge on any atom is -0.350 e. The number of hydrogen-bond acceptors (Lipinski definition) is 5. The van der Waals surface area contributed by atoms with Crippen molar-refractivity contribution in [2.45, 2.75) is 41.5 Å². The third-order valence-electron chi connectivity index (χ3n) is 4.84. The first-order chi connectivity index (χ1) is 12.3. The second-order valence-electron chi connectivity index (χ2n) is 6.63. The van der Waals surface area contributed by atoms with Gasteiger partial charge in [0.1, 0.15) is 0 Å². The molecule has 2 heterocycles. The molecule has 1 aliphatic carbocycles. The van der Waals surface area contributed by atoms with Crippen LogP contribution in [0.15, 0.2) is 52.3 Å². The lowest BCUT2D eigenvalue weighted by atomic mass is 9.92.